The van der Waals surface area contributed by atoms with Crippen LogP contribution in [-0.2, 0) is 0 Å². The Labute approximate surface area is 117 Å². The molecule has 0 aliphatic heterocycles. The van der Waals surface area contributed by atoms with E-state index in [0.717, 1.165) is 0 Å². The number of aromatic nitrogens is 3. The van der Waals surface area contributed by atoms with Crippen molar-refractivity contribution in [3.05, 3.63) is 6.33 Å². The van der Waals surface area contributed by atoms with E-state index in [1.54, 1.807) is 9.80 Å². The van der Waals surface area contributed by atoms with Crippen LogP contribution in [0.3, 0.4) is 0 Å². The molecule has 1 rings (SSSR count). The Kier molecular flexibility index (Phi) is 7.73. The Bertz CT molecular complexity index is 338. The second kappa shape index (κ2) is 9.37. The lowest BCUT2D eigenvalue weighted by Gasteiger charge is -2.24. The van der Waals surface area contributed by atoms with Crippen LogP contribution in [0.4, 0.5) is 11.9 Å². The van der Waals surface area contributed by atoms with E-state index >= 15 is 0 Å². The van der Waals surface area contributed by atoms with Crippen LogP contribution < -0.4 is 9.80 Å². The minimum Gasteiger partial charge on any atom is -0.395 e. The summed E-state index contributed by atoms with van der Waals surface area (Å²) >= 11 is 0. The van der Waals surface area contributed by atoms with Gasteiger partial charge in [-0.15, -0.1) is 0 Å². The molecule has 1 aromatic heterocycles. The van der Waals surface area contributed by atoms with Crippen molar-refractivity contribution in [3.63, 3.8) is 0 Å². The molecule has 0 bridgehead atoms. The summed E-state index contributed by atoms with van der Waals surface area (Å²) in [6, 6.07) is 0. The van der Waals surface area contributed by atoms with E-state index in [-0.39, 0.29) is 26.4 Å². The van der Waals surface area contributed by atoms with Crippen molar-refractivity contribution in [2.24, 2.45) is 0 Å². The Morgan fingerprint density at radius 1 is 0.700 bits per heavy atom. The predicted molar refractivity (Wildman–Crippen MR) is 72.6 cm³/mol. The van der Waals surface area contributed by atoms with Gasteiger partial charge in [0.25, 0.3) is 0 Å². The fraction of sp³-hybridized carbons (Fsp3) is 0.727. The molecule has 20 heavy (non-hydrogen) atoms. The van der Waals surface area contributed by atoms with Crippen molar-refractivity contribution in [1.82, 2.24) is 15.0 Å². The zero-order valence-corrected chi connectivity index (χ0v) is 11.3. The van der Waals surface area contributed by atoms with E-state index in [4.69, 9.17) is 20.4 Å². The van der Waals surface area contributed by atoms with E-state index < -0.39 is 0 Å². The molecule has 4 N–H and O–H groups in total. The standard InChI is InChI=1S/C11H21N5O4/c17-5-1-15(2-6-18)10-12-9-13-11(14-10)16(3-7-19)4-8-20/h9,17-20H,1-8H2. The summed E-state index contributed by atoms with van der Waals surface area (Å²) in [5, 5.41) is 36.0. The highest BCUT2D eigenvalue weighted by Crippen LogP contribution is 2.11. The summed E-state index contributed by atoms with van der Waals surface area (Å²) in [6.07, 6.45) is 1.32. The number of aliphatic hydroxyl groups is 4. The van der Waals surface area contributed by atoms with Gasteiger partial charge in [0.1, 0.15) is 6.33 Å². The van der Waals surface area contributed by atoms with Crippen LogP contribution in [-0.4, -0.2) is 88.0 Å². The highest BCUT2D eigenvalue weighted by Gasteiger charge is 2.13. The zero-order valence-electron chi connectivity index (χ0n) is 11.3. The van der Waals surface area contributed by atoms with Crippen molar-refractivity contribution in [3.8, 4) is 0 Å². The number of hydrogen-bond donors (Lipinski definition) is 4. The maximum atomic E-state index is 9.00. The molecule has 0 aliphatic carbocycles. The number of rotatable bonds is 10. The molecule has 0 saturated carbocycles. The van der Waals surface area contributed by atoms with Crippen LogP contribution >= 0.6 is 0 Å². The molecule has 0 unspecified atom stereocenters. The molecule has 0 saturated heterocycles. The first-order chi connectivity index (χ1) is 9.76. The van der Waals surface area contributed by atoms with E-state index in [0.29, 0.717) is 38.1 Å². The molecule has 0 aromatic carbocycles. The highest BCUT2D eigenvalue weighted by atomic mass is 16.3. The minimum absolute atomic E-state index is 0.0853. The number of aliphatic hydroxyl groups excluding tert-OH is 4. The van der Waals surface area contributed by atoms with Gasteiger partial charge in [0.05, 0.1) is 26.4 Å². The molecule has 0 aliphatic rings. The van der Waals surface area contributed by atoms with Gasteiger partial charge < -0.3 is 30.2 Å². The van der Waals surface area contributed by atoms with Crippen LogP contribution in [0.25, 0.3) is 0 Å². The monoisotopic (exact) mass is 287 g/mol. The largest absolute Gasteiger partial charge is 0.395 e. The predicted octanol–water partition coefficient (Wildman–Crippen LogP) is -2.55. The third-order valence-electron chi connectivity index (χ3n) is 2.59. The molecule has 0 fully saturated rings. The molecule has 0 amide bonds. The second-order valence-electron chi connectivity index (χ2n) is 3.95. The average molecular weight is 287 g/mol. The molecular formula is C11H21N5O4. The molecular weight excluding hydrogens is 266 g/mol. The summed E-state index contributed by atoms with van der Waals surface area (Å²) in [4.78, 5) is 15.5. The third kappa shape index (κ3) is 4.85. The smallest absolute Gasteiger partial charge is 0.230 e. The van der Waals surface area contributed by atoms with E-state index in [2.05, 4.69) is 15.0 Å². The molecule has 0 radical (unpaired) electrons. The fourth-order valence-corrected chi connectivity index (χ4v) is 1.69. The van der Waals surface area contributed by atoms with Crippen molar-refractivity contribution in [1.29, 1.82) is 0 Å². The first-order valence-electron chi connectivity index (χ1n) is 6.39. The maximum absolute atomic E-state index is 9.00. The second-order valence-corrected chi connectivity index (χ2v) is 3.95. The van der Waals surface area contributed by atoms with Crippen LogP contribution in [0.1, 0.15) is 0 Å². The third-order valence-corrected chi connectivity index (χ3v) is 2.59. The van der Waals surface area contributed by atoms with Gasteiger partial charge >= 0.3 is 0 Å². The first-order valence-corrected chi connectivity index (χ1v) is 6.39. The van der Waals surface area contributed by atoms with Gasteiger partial charge in [0, 0.05) is 26.2 Å². The van der Waals surface area contributed by atoms with Gasteiger partial charge in [-0.25, -0.2) is 9.97 Å². The summed E-state index contributed by atoms with van der Waals surface area (Å²) in [7, 11) is 0. The van der Waals surface area contributed by atoms with Crippen LogP contribution in [0.2, 0.25) is 0 Å². The minimum atomic E-state index is -0.0853. The normalized spacial score (nSPS) is 10.6. The Balaban J connectivity index is 2.90. The van der Waals surface area contributed by atoms with Gasteiger partial charge in [-0.05, 0) is 0 Å². The number of anilines is 2. The average Bonchev–Trinajstić information content (AvgIpc) is 2.47. The van der Waals surface area contributed by atoms with Crippen LogP contribution in [0.5, 0.6) is 0 Å². The molecule has 0 atom stereocenters. The van der Waals surface area contributed by atoms with Gasteiger partial charge in [-0.1, -0.05) is 0 Å². The van der Waals surface area contributed by atoms with Gasteiger partial charge in [0.15, 0.2) is 0 Å². The summed E-state index contributed by atoms with van der Waals surface area (Å²) in [5.41, 5.74) is 0. The van der Waals surface area contributed by atoms with Crippen LogP contribution in [0, 0.1) is 0 Å². The summed E-state index contributed by atoms with van der Waals surface area (Å²) < 4.78 is 0. The van der Waals surface area contributed by atoms with Crippen LogP contribution in [0.15, 0.2) is 6.33 Å². The summed E-state index contributed by atoms with van der Waals surface area (Å²) in [6.45, 7) is 0.841. The van der Waals surface area contributed by atoms with E-state index in [9.17, 15) is 0 Å². The van der Waals surface area contributed by atoms with Crippen molar-refractivity contribution in [2.45, 2.75) is 0 Å². The Morgan fingerprint density at radius 2 is 1.05 bits per heavy atom. The fourth-order valence-electron chi connectivity index (χ4n) is 1.69. The molecule has 1 heterocycles. The number of nitrogens with zero attached hydrogens (tertiary/aromatic N) is 5. The summed E-state index contributed by atoms with van der Waals surface area (Å²) in [5.74, 6) is 0.665. The van der Waals surface area contributed by atoms with Gasteiger partial charge in [0.2, 0.25) is 11.9 Å². The Morgan fingerprint density at radius 3 is 1.35 bits per heavy atom. The topological polar surface area (TPSA) is 126 Å². The maximum Gasteiger partial charge on any atom is 0.230 e. The molecule has 9 nitrogen and oxygen atoms in total. The lowest BCUT2D eigenvalue weighted by atomic mass is 10.5. The highest BCUT2D eigenvalue weighted by molar-refractivity contribution is 5.37. The van der Waals surface area contributed by atoms with Crippen molar-refractivity contribution < 1.29 is 20.4 Å². The van der Waals surface area contributed by atoms with E-state index in [1.807, 2.05) is 0 Å². The molecule has 9 heteroatoms. The first kappa shape index (κ1) is 16.5. The van der Waals surface area contributed by atoms with Crippen molar-refractivity contribution >= 4 is 11.9 Å². The Hall–Kier alpha value is -1.55. The van der Waals surface area contributed by atoms with Crippen molar-refractivity contribution in [2.75, 3.05) is 62.4 Å². The number of hydrogen-bond acceptors (Lipinski definition) is 9. The van der Waals surface area contributed by atoms with Gasteiger partial charge in [-0.3, -0.25) is 0 Å². The lowest BCUT2D eigenvalue weighted by Crippen LogP contribution is -2.34. The quantitative estimate of drug-likeness (QED) is 0.368. The van der Waals surface area contributed by atoms with Gasteiger partial charge in [-0.2, -0.15) is 4.98 Å². The lowest BCUT2D eigenvalue weighted by molar-refractivity contribution is 0.279. The zero-order chi connectivity index (χ0) is 14.8. The molecule has 0 spiro atoms. The SMILES string of the molecule is OCCN(CCO)c1ncnc(N(CCO)CCO)n1. The molecule has 1 aromatic rings. The van der Waals surface area contributed by atoms with E-state index in [1.165, 1.54) is 6.33 Å². The molecule has 114 valence electrons.